The van der Waals surface area contributed by atoms with Crippen molar-refractivity contribution in [1.29, 1.82) is 0 Å². The fourth-order valence-corrected chi connectivity index (χ4v) is 4.78. The first-order chi connectivity index (χ1) is 17.7. The van der Waals surface area contributed by atoms with E-state index in [9.17, 15) is 34.8 Å². The second-order valence-corrected chi connectivity index (χ2v) is 15.8. The molecule has 220 valence electrons. The second kappa shape index (κ2) is 14.7. The fourth-order valence-electron chi connectivity index (χ4n) is 2.76. The standard InChI is InChI=1S/C13H17BrF3NOS.C12H13BrF3NOS/c1-7(18-20(19)13(2,3)4)8-5-6-9(14)11(15)10(8)12(16)17;1-12(2,3)19(18)17-6-7-4-5-8(13)10(14)9(7)11(15)16/h5-7,12,18H,1-4H3;4-6,11H,1-3H3/t7-,20+;19-/m10/s1. The quantitative estimate of drug-likeness (QED) is 0.229. The van der Waals surface area contributed by atoms with Crippen LogP contribution >= 0.6 is 31.9 Å². The highest BCUT2D eigenvalue weighted by atomic mass is 79.9. The molecule has 0 aromatic heterocycles. The molecule has 1 N–H and O–H groups in total. The van der Waals surface area contributed by atoms with Crippen LogP contribution in [-0.4, -0.2) is 24.1 Å². The van der Waals surface area contributed by atoms with Crippen molar-refractivity contribution in [3.8, 4) is 0 Å². The summed E-state index contributed by atoms with van der Waals surface area (Å²) in [5.41, 5.74) is -1.37. The Morgan fingerprint density at radius 2 is 1.28 bits per heavy atom. The van der Waals surface area contributed by atoms with Crippen molar-refractivity contribution in [3.05, 3.63) is 67.1 Å². The van der Waals surface area contributed by atoms with Crippen LogP contribution < -0.4 is 4.72 Å². The molecule has 0 aliphatic rings. The summed E-state index contributed by atoms with van der Waals surface area (Å²) in [6.07, 6.45) is -4.88. The van der Waals surface area contributed by atoms with E-state index in [0.717, 1.165) is 6.21 Å². The molecule has 2 rings (SSSR count). The van der Waals surface area contributed by atoms with Crippen LogP contribution in [0, 0.1) is 11.6 Å². The van der Waals surface area contributed by atoms with Crippen molar-refractivity contribution in [3.63, 3.8) is 0 Å². The van der Waals surface area contributed by atoms with Crippen molar-refractivity contribution < 1.29 is 34.8 Å². The van der Waals surface area contributed by atoms with Crippen LogP contribution in [0.3, 0.4) is 0 Å². The smallest absolute Gasteiger partial charge is 0.242 e. The molecule has 0 aliphatic heterocycles. The van der Waals surface area contributed by atoms with Gasteiger partial charge in [-0.1, -0.05) is 12.1 Å². The molecule has 0 fully saturated rings. The van der Waals surface area contributed by atoms with Crippen LogP contribution in [0.15, 0.2) is 37.6 Å². The normalized spacial score (nSPS) is 14.9. The fraction of sp³-hybridized carbons (Fsp3) is 0.480. The Morgan fingerprint density at radius 1 is 0.821 bits per heavy atom. The van der Waals surface area contributed by atoms with E-state index in [1.807, 2.05) is 0 Å². The lowest BCUT2D eigenvalue weighted by Gasteiger charge is -2.23. The maximum absolute atomic E-state index is 13.8. The average Bonchev–Trinajstić information content (AvgIpc) is 2.79. The molecule has 0 saturated heterocycles. The SMILES string of the molecule is CC(C)(C)[S@](=O)N=Cc1ccc(Br)c(F)c1C(F)F.C[C@@H](N[S@@](=O)C(C)(C)C)c1ccc(Br)c(F)c1C(F)F. The molecule has 3 atom stereocenters. The zero-order valence-corrected chi connectivity index (χ0v) is 27.0. The summed E-state index contributed by atoms with van der Waals surface area (Å²) in [4.78, 5) is 0. The molecule has 14 heteroatoms. The van der Waals surface area contributed by atoms with Gasteiger partial charge in [-0.2, -0.15) is 4.40 Å². The minimum atomic E-state index is -2.97. The Bertz CT molecular complexity index is 1230. The van der Waals surface area contributed by atoms with Gasteiger partial charge in [-0.15, -0.1) is 0 Å². The Morgan fingerprint density at radius 3 is 1.72 bits per heavy atom. The van der Waals surface area contributed by atoms with Crippen LogP contribution in [-0.2, 0) is 22.0 Å². The minimum Gasteiger partial charge on any atom is -0.242 e. The molecule has 0 radical (unpaired) electrons. The van der Waals surface area contributed by atoms with E-state index >= 15 is 0 Å². The summed E-state index contributed by atoms with van der Waals surface area (Å²) in [6.45, 7) is 12.0. The largest absolute Gasteiger partial charge is 0.267 e. The molecule has 0 heterocycles. The predicted molar refractivity (Wildman–Crippen MR) is 153 cm³/mol. The van der Waals surface area contributed by atoms with Crippen molar-refractivity contribution in [1.82, 2.24) is 4.72 Å². The van der Waals surface area contributed by atoms with Crippen molar-refractivity contribution in [2.24, 2.45) is 4.40 Å². The Balaban J connectivity index is 0.000000391. The van der Waals surface area contributed by atoms with Crippen LogP contribution in [0.1, 0.15) is 89.6 Å². The molecule has 0 spiro atoms. The average molecular weight is 728 g/mol. The Kier molecular flexibility index (Phi) is 13.5. The van der Waals surface area contributed by atoms with Crippen molar-refractivity contribution in [2.75, 3.05) is 0 Å². The number of hydrogen-bond donors (Lipinski definition) is 1. The topological polar surface area (TPSA) is 58.5 Å². The van der Waals surface area contributed by atoms with E-state index in [-0.39, 0.29) is 20.1 Å². The van der Waals surface area contributed by atoms with Gasteiger partial charge in [0.2, 0.25) is 0 Å². The number of nitrogens with zero attached hydrogens (tertiary/aromatic N) is 1. The van der Waals surface area contributed by atoms with E-state index in [0.29, 0.717) is 0 Å². The van der Waals surface area contributed by atoms with E-state index < -0.39 is 73.1 Å². The van der Waals surface area contributed by atoms with E-state index in [2.05, 4.69) is 41.0 Å². The first-order valence-electron chi connectivity index (χ1n) is 11.4. The highest BCUT2D eigenvalue weighted by Crippen LogP contribution is 2.34. The lowest BCUT2D eigenvalue weighted by molar-refractivity contribution is 0.144. The molecule has 2 aromatic rings. The highest BCUT2D eigenvalue weighted by molar-refractivity contribution is 9.10. The summed E-state index contributed by atoms with van der Waals surface area (Å²) < 4.78 is 108. The van der Waals surface area contributed by atoms with Gasteiger partial charge in [0, 0.05) is 17.8 Å². The summed E-state index contributed by atoms with van der Waals surface area (Å²) in [5, 5.41) is 0. The second-order valence-electron chi connectivity index (χ2n) is 10.1. The minimum absolute atomic E-state index is 0.0132. The molecule has 0 unspecified atom stereocenters. The van der Waals surface area contributed by atoms with E-state index in [4.69, 9.17) is 0 Å². The Labute approximate surface area is 246 Å². The first kappa shape index (κ1) is 35.9. The molecular weight excluding hydrogens is 698 g/mol. The van der Waals surface area contributed by atoms with Crippen molar-refractivity contribution >= 4 is 60.0 Å². The van der Waals surface area contributed by atoms with Crippen LogP contribution in [0.2, 0.25) is 0 Å². The predicted octanol–water partition coefficient (Wildman–Crippen LogP) is 9.05. The molecule has 0 amide bonds. The summed E-state index contributed by atoms with van der Waals surface area (Å²) in [5.74, 6) is -2.01. The summed E-state index contributed by atoms with van der Waals surface area (Å²) in [7, 11) is -3.01. The number of halogens is 8. The van der Waals surface area contributed by atoms with Crippen LogP contribution in [0.5, 0.6) is 0 Å². The zero-order chi connectivity index (χ0) is 30.5. The van der Waals surface area contributed by atoms with Gasteiger partial charge < -0.3 is 0 Å². The van der Waals surface area contributed by atoms with Gasteiger partial charge in [0.25, 0.3) is 12.9 Å². The van der Waals surface area contributed by atoms with Gasteiger partial charge in [-0.3, -0.25) is 0 Å². The highest BCUT2D eigenvalue weighted by Gasteiger charge is 2.27. The van der Waals surface area contributed by atoms with Gasteiger partial charge in [0.1, 0.15) is 22.6 Å². The third-order valence-corrected chi connectivity index (χ3v) is 9.14. The van der Waals surface area contributed by atoms with Gasteiger partial charge in [0.15, 0.2) is 0 Å². The maximum atomic E-state index is 13.8. The summed E-state index contributed by atoms with van der Waals surface area (Å²) >= 11 is 5.74. The van der Waals surface area contributed by atoms with Gasteiger partial charge in [-0.05, 0) is 98.0 Å². The van der Waals surface area contributed by atoms with Crippen molar-refractivity contribution in [2.45, 2.75) is 76.9 Å². The number of nitrogens with one attached hydrogen (secondary N) is 1. The third-order valence-electron chi connectivity index (χ3n) is 4.89. The van der Waals surface area contributed by atoms with E-state index in [1.165, 1.54) is 24.3 Å². The number of hydrogen-bond acceptors (Lipinski definition) is 2. The first-order valence-corrected chi connectivity index (χ1v) is 15.2. The molecule has 2 aromatic carbocycles. The zero-order valence-electron chi connectivity index (χ0n) is 22.2. The lowest BCUT2D eigenvalue weighted by Crippen LogP contribution is -2.35. The number of alkyl halides is 4. The molecule has 4 nitrogen and oxygen atoms in total. The number of benzene rings is 2. The molecular formula is C25H30Br2F6N2O2S2. The maximum Gasteiger partial charge on any atom is 0.267 e. The van der Waals surface area contributed by atoms with E-state index in [1.54, 1.807) is 48.5 Å². The third kappa shape index (κ3) is 10.4. The molecule has 0 aliphatic carbocycles. The monoisotopic (exact) mass is 726 g/mol. The van der Waals surface area contributed by atoms with Crippen LogP contribution in [0.4, 0.5) is 26.3 Å². The van der Waals surface area contributed by atoms with Gasteiger partial charge in [0.05, 0.1) is 40.6 Å². The molecule has 0 saturated carbocycles. The number of rotatable bonds is 7. The van der Waals surface area contributed by atoms with Gasteiger partial charge in [-0.25, -0.2) is 39.5 Å². The molecule has 0 bridgehead atoms. The summed E-state index contributed by atoms with van der Waals surface area (Å²) in [6, 6.07) is 4.74. The Hall–Kier alpha value is -1.09. The lowest BCUT2D eigenvalue weighted by atomic mass is 10.0. The van der Waals surface area contributed by atoms with Gasteiger partial charge >= 0.3 is 0 Å². The van der Waals surface area contributed by atoms with Crippen LogP contribution in [0.25, 0.3) is 0 Å². The molecule has 39 heavy (non-hydrogen) atoms.